The molecule has 0 bridgehead atoms. The van der Waals surface area contributed by atoms with Crippen LogP contribution in [0, 0.1) is 5.41 Å². The van der Waals surface area contributed by atoms with E-state index < -0.39 is 0 Å². The van der Waals surface area contributed by atoms with Crippen LogP contribution in [0.5, 0.6) is 5.88 Å². The molecule has 1 aromatic rings. The third kappa shape index (κ3) is 3.13. The number of nitrogen functional groups attached to an aromatic ring is 1. The molecule has 1 aromatic heterocycles. The Morgan fingerprint density at radius 2 is 2.47 bits per heavy atom. The number of nitrogens with two attached hydrogens (primary N) is 1. The van der Waals surface area contributed by atoms with Crippen LogP contribution >= 0.6 is 0 Å². The van der Waals surface area contributed by atoms with Crippen molar-refractivity contribution in [3.8, 4) is 5.88 Å². The topological polar surface area (TPSA) is 94.1 Å². The van der Waals surface area contributed by atoms with Gasteiger partial charge in [0.05, 0.1) is 17.9 Å². The molecular formula is C11H16N4O2. The lowest BCUT2D eigenvalue weighted by atomic mass is 10.1. The van der Waals surface area contributed by atoms with E-state index in [0.29, 0.717) is 18.1 Å². The zero-order valence-electron chi connectivity index (χ0n) is 9.56. The lowest BCUT2D eigenvalue weighted by Gasteiger charge is -2.22. The molecule has 0 amide bonds. The van der Waals surface area contributed by atoms with Crippen molar-refractivity contribution in [3.05, 3.63) is 17.8 Å². The van der Waals surface area contributed by atoms with Crippen LogP contribution in [-0.4, -0.2) is 35.4 Å². The standard InChI is InChI=1S/C11H16N4O2/c12-10(13)9-4-5-14-15-11(9)17-7-8-3-1-2-6-16-8/h4-5,8H,1-3,6-7H2,(H3,12,13). The van der Waals surface area contributed by atoms with E-state index in [1.165, 1.54) is 6.20 Å². The van der Waals surface area contributed by atoms with Gasteiger partial charge in [0.2, 0.25) is 5.88 Å². The van der Waals surface area contributed by atoms with Crippen molar-refractivity contribution in [1.29, 1.82) is 5.41 Å². The zero-order valence-corrected chi connectivity index (χ0v) is 9.56. The van der Waals surface area contributed by atoms with E-state index in [2.05, 4.69) is 10.2 Å². The fourth-order valence-electron chi connectivity index (χ4n) is 1.74. The third-order valence-electron chi connectivity index (χ3n) is 2.66. The first-order valence-electron chi connectivity index (χ1n) is 5.68. The van der Waals surface area contributed by atoms with Crippen molar-refractivity contribution in [1.82, 2.24) is 10.2 Å². The lowest BCUT2D eigenvalue weighted by molar-refractivity contribution is -0.0121. The molecule has 1 atom stereocenters. The fraction of sp³-hybridized carbons (Fsp3) is 0.545. The molecule has 92 valence electrons. The molecule has 0 aromatic carbocycles. The molecule has 0 aliphatic carbocycles. The number of nitrogens with zero attached hydrogens (tertiary/aromatic N) is 2. The summed E-state index contributed by atoms with van der Waals surface area (Å²) < 4.78 is 11.1. The molecule has 0 saturated carbocycles. The maximum Gasteiger partial charge on any atom is 0.244 e. The Labute approximate surface area is 99.6 Å². The van der Waals surface area contributed by atoms with Crippen LogP contribution < -0.4 is 10.5 Å². The number of rotatable bonds is 4. The Morgan fingerprint density at radius 3 is 3.18 bits per heavy atom. The average molecular weight is 236 g/mol. The molecule has 1 saturated heterocycles. The van der Waals surface area contributed by atoms with Crippen LogP contribution in [0.25, 0.3) is 0 Å². The highest BCUT2D eigenvalue weighted by Gasteiger charge is 2.16. The van der Waals surface area contributed by atoms with Crippen molar-refractivity contribution >= 4 is 5.84 Å². The number of aromatic nitrogens is 2. The summed E-state index contributed by atoms with van der Waals surface area (Å²) in [5, 5.41) is 15.0. The first-order chi connectivity index (χ1) is 8.27. The molecule has 6 nitrogen and oxygen atoms in total. The largest absolute Gasteiger partial charge is 0.473 e. The lowest BCUT2D eigenvalue weighted by Crippen LogP contribution is -2.26. The molecule has 17 heavy (non-hydrogen) atoms. The number of hydrogen-bond donors (Lipinski definition) is 2. The van der Waals surface area contributed by atoms with Gasteiger partial charge in [-0.25, -0.2) is 0 Å². The second-order valence-corrected chi connectivity index (χ2v) is 3.96. The Morgan fingerprint density at radius 1 is 1.59 bits per heavy atom. The number of amidine groups is 1. The smallest absolute Gasteiger partial charge is 0.244 e. The quantitative estimate of drug-likeness (QED) is 0.593. The minimum absolute atomic E-state index is 0.0699. The molecule has 1 unspecified atom stereocenters. The minimum atomic E-state index is -0.0699. The SMILES string of the molecule is N=C(N)c1ccnnc1OCC1CCCCO1. The number of ether oxygens (including phenoxy) is 2. The molecule has 2 rings (SSSR count). The molecule has 0 radical (unpaired) electrons. The van der Waals surface area contributed by atoms with Gasteiger partial charge in [0.1, 0.15) is 12.4 Å². The summed E-state index contributed by atoms with van der Waals surface area (Å²) in [5.41, 5.74) is 5.90. The summed E-state index contributed by atoms with van der Waals surface area (Å²) in [5.74, 6) is 0.230. The predicted molar refractivity (Wildman–Crippen MR) is 62.1 cm³/mol. The van der Waals surface area contributed by atoms with E-state index in [1.807, 2.05) is 0 Å². The van der Waals surface area contributed by atoms with Gasteiger partial charge in [0, 0.05) is 6.61 Å². The average Bonchev–Trinajstić information content (AvgIpc) is 2.38. The van der Waals surface area contributed by atoms with E-state index in [0.717, 1.165) is 25.9 Å². The molecule has 1 aliphatic rings. The summed E-state index contributed by atoms with van der Waals surface area (Å²) in [4.78, 5) is 0. The normalized spacial score (nSPS) is 19.9. The highest BCUT2D eigenvalue weighted by Crippen LogP contribution is 2.16. The fourth-order valence-corrected chi connectivity index (χ4v) is 1.74. The highest BCUT2D eigenvalue weighted by molar-refractivity contribution is 5.96. The first-order valence-corrected chi connectivity index (χ1v) is 5.68. The van der Waals surface area contributed by atoms with Gasteiger partial charge in [0.15, 0.2) is 0 Å². The highest BCUT2D eigenvalue weighted by atomic mass is 16.5. The predicted octanol–water partition coefficient (Wildman–Crippen LogP) is 0.709. The van der Waals surface area contributed by atoms with Gasteiger partial charge < -0.3 is 15.2 Å². The molecular weight excluding hydrogens is 220 g/mol. The summed E-state index contributed by atoms with van der Waals surface area (Å²) in [6, 6.07) is 1.62. The van der Waals surface area contributed by atoms with Gasteiger partial charge in [0.25, 0.3) is 0 Å². The summed E-state index contributed by atoms with van der Waals surface area (Å²) >= 11 is 0. The van der Waals surface area contributed by atoms with Crippen molar-refractivity contribution in [2.45, 2.75) is 25.4 Å². The van der Waals surface area contributed by atoms with Crippen LogP contribution in [0.2, 0.25) is 0 Å². The van der Waals surface area contributed by atoms with E-state index in [4.69, 9.17) is 20.6 Å². The van der Waals surface area contributed by atoms with E-state index in [-0.39, 0.29) is 11.9 Å². The maximum atomic E-state index is 7.40. The Hall–Kier alpha value is -1.69. The molecule has 1 aliphatic heterocycles. The molecule has 6 heteroatoms. The molecule has 3 N–H and O–H groups in total. The van der Waals surface area contributed by atoms with E-state index in [1.54, 1.807) is 6.07 Å². The van der Waals surface area contributed by atoms with Crippen LogP contribution in [0.3, 0.4) is 0 Å². The number of hydrogen-bond acceptors (Lipinski definition) is 5. The monoisotopic (exact) mass is 236 g/mol. The van der Waals surface area contributed by atoms with Crippen molar-refractivity contribution in [3.63, 3.8) is 0 Å². The third-order valence-corrected chi connectivity index (χ3v) is 2.66. The van der Waals surface area contributed by atoms with Gasteiger partial charge in [-0.2, -0.15) is 5.10 Å². The minimum Gasteiger partial charge on any atom is -0.473 e. The van der Waals surface area contributed by atoms with Crippen LogP contribution in [0.4, 0.5) is 0 Å². The van der Waals surface area contributed by atoms with Crippen molar-refractivity contribution < 1.29 is 9.47 Å². The van der Waals surface area contributed by atoms with Gasteiger partial charge in [-0.1, -0.05) is 0 Å². The Balaban J connectivity index is 1.96. The second kappa shape index (κ2) is 5.58. The van der Waals surface area contributed by atoms with E-state index in [9.17, 15) is 0 Å². The van der Waals surface area contributed by atoms with Crippen molar-refractivity contribution in [2.24, 2.45) is 5.73 Å². The summed E-state index contributed by atoms with van der Waals surface area (Å²) in [7, 11) is 0. The van der Waals surface area contributed by atoms with Crippen molar-refractivity contribution in [2.75, 3.05) is 13.2 Å². The number of nitrogens with one attached hydrogen (secondary N) is 1. The van der Waals surface area contributed by atoms with E-state index >= 15 is 0 Å². The molecule has 1 fully saturated rings. The second-order valence-electron chi connectivity index (χ2n) is 3.96. The summed E-state index contributed by atoms with van der Waals surface area (Å²) in [6.07, 6.45) is 4.86. The van der Waals surface area contributed by atoms with Gasteiger partial charge in [-0.15, -0.1) is 5.10 Å². The van der Waals surface area contributed by atoms with Gasteiger partial charge >= 0.3 is 0 Å². The maximum absolute atomic E-state index is 7.40. The Bertz CT molecular complexity index is 391. The first kappa shape index (κ1) is 11.8. The summed E-state index contributed by atoms with van der Waals surface area (Å²) in [6.45, 7) is 1.22. The van der Waals surface area contributed by atoms with Gasteiger partial charge in [-0.05, 0) is 25.3 Å². The van der Waals surface area contributed by atoms with Crippen LogP contribution in [-0.2, 0) is 4.74 Å². The Kier molecular flexibility index (Phi) is 3.87. The molecule has 0 spiro atoms. The van der Waals surface area contributed by atoms with Crippen LogP contribution in [0.15, 0.2) is 12.3 Å². The zero-order chi connectivity index (χ0) is 12.1. The van der Waals surface area contributed by atoms with Gasteiger partial charge in [-0.3, -0.25) is 5.41 Å². The molecule has 2 heterocycles. The van der Waals surface area contributed by atoms with Crippen LogP contribution in [0.1, 0.15) is 24.8 Å².